The first kappa shape index (κ1) is 17.3. The standard InChI is InChI=1S/C21H17N3O2S2/c1-12-14-9-17-15(10-20(14)28(25,26)21(12,2)3)16(6-7-22-17)24-13-4-5-19-18(8-13)23-11-27-19/h4-11H,1H2,2-3H3,(H,22,24). The molecule has 0 atom stereocenters. The molecule has 140 valence electrons. The number of thiazole rings is 1. The molecule has 0 bridgehead atoms. The van der Waals surface area contributed by atoms with Crippen molar-refractivity contribution in [2.75, 3.05) is 5.32 Å². The maximum Gasteiger partial charge on any atom is 0.188 e. The topological polar surface area (TPSA) is 72.0 Å². The number of nitrogens with one attached hydrogen (secondary N) is 1. The van der Waals surface area contributed by atoms with Crippen LogP contribution in [0.25, 0.3) is 26.7 Å². The second-order valence-corrected chi connectivity index (χ2v) is 10.7. The van der Waals surface area contributed by atoms with E-state index in [0.717, 1.165) is 32.5 Å². The van der Waals surface area contributed by atoms with Gasteiger partial charge in [-0.1, -0.05) is 6.58 Å². The maximum atomic E-state index is 13.0. The van der Waals surface area contributed by atoms with Crippen LogP contribution >= 0.6 is 11.3 Å². The zero-order valence-electron chi connectivity index (χ0n) is 15.4. The third-order valence-corrected chi connectivity index (χ3v) is 8.78. The fourth-order valence-electron chi connectivity index (χ4n) is 3.59. The molecule has 5 rings (SSSR count). The Hall–Kier alpha value is -2.77. The van der Waals surface area contributed by atoms with Gasteiger partial charge in [0.05, 0.1) is 30.9 Å². The largest absolute Gasteiger partial charge is 0.355 e. The highest BCUT2D eigenvalue weighted by atomic mass is 32.2. The minimum Gasteiger partial charge on any atom is -0.355 e. The first-order valence-electron chi connectivity index (χ1n) is 8.76. The molecule has 2 aromatic heterocycles. The van der Waals surface area contributed by atoms with Crippen molar-refractivity contribution in [3.05, 3.63) is 60.2 Å². The Morgan fingerprint density at radius 2 is 1.89 bits per heavy atom. The van der Waals surface area contributed by atoms with Crippen molar-refractivity contribution in [1.82, 2.24) is 9.97 Å². The molecule has 0 aliphatic carbocycles. The second-order valence-electron chi connectivity index (χ2n) is 7.38. The summed E-state index contributed by atoms with van der Waals surface area (Å²) in [5.41, 5.74) is 6.43. The first-order chi connectivity index (χ1) is 13.3. The average molecular weight is 408 g/mol. The summed E-state index contributed by atoms with van der Waals surface area (Å²) in [6.45, 7) is 7.44. The number of pyridine rings is 1. The minimum atomic E-state index is -3.50. The zero-order chi connectivity index (χ0) is 19.7. The molecule has 0 fully saturated rings. The van der Waals surface area contributed by atoms with Crippen LogP contribution in [0.1, 0.15) is 19.4 Å². The van der Waals surface area contributed by atoms with E-state index in [0.29, 0.717) is 16.0 Å². The van der Waals surface area contributed by atoms with Crippen LogP contribution in [-0.4, -0.2) is 23.1 Å². The highest BCUT2D eigenvalue weighted by Crippen LogP contribution is 2.48. The highest BCUT2D eigenvalue weighted by Gasteiger charge is 2.47. The zero-order valence-corrected chi connectivity index (χ0v) is 17.0. The van der Waals surface area contributed by atoms with Crippen molar-refractivity contribution in [2.24, 2.45) is 0 Å². The smallest absolute Gasteiger partial charge is 0.188 e. The molecule has 1 N–H and O–H groups in total. The summed E-state index contributed by atoms with van der Waals surface area (Å²) >= 11 is 1.59. The van der Waals surface area contributed by atoms with Crippen LogP contribution in [0.5, 0.6) is 0 Å². The van der Waals surface area contributed by atoms with E-state index in [2.05, 4.69) is 21.9 Å². The van der Waals surface area contributed by atoms with Crippen LogP contribution in [-0.2, 0) is 9.84 Å². The number of rotatable bonds is 2. The highest BCUT2D eigenvalue weighted by molar-refractivity contribution is 7.93. The van der Waals surface area contributed by atoms with E-state index in [-0.39, 0.29) is 0 Å². The van der Waals surface area contributed by atoms with Gasteiger partial charge in [-0.3, -0.25) is 4.98 Å². The fourth-order valence-corrected chi connectivity index (χ4v) is 5.98. The van der Waals surface area contributed by atoms with Gasteiger partial charge in [-0.2, -0.15) is 0 Å². The van der Waals surface area contributed by atoms with Gasteiger partial charge in [-0.05, 0) is 61.4 Å². The van der Waals surface area contributed by atoms with Gasteiger partial charge in [0.25, 0.3) is 0 Å². The summed E-state index contributed by atoms with van der Waals surface area (Å²) in [7, 11) is -3.50. The number of nitrogens with zero attached hydrogens (tertiary/aromatic N) is 2. The van der Waals surface area contributed by atoms with Crippen molar-refractivity contribution in [3.8, 4) is 0 Å². The number of fused-ring (bicyclic) bond motifs is 3. The van der Waals surface area contributed by atoms with Crippen molar-refractivity contribution >= 4 is 59.2 Å². The van der Waals surface area contributed by atoms with Gasteiger partial charge in [-0.25, -0.2) is 13.4 Å². The van der Waals surface area contributed by atoms with E-state index >= 15 is 0 Å². The lowest BCUT2D eigenvalue weighted by molar-refractivity contribution is 0.580. The monoisotopic (exact) mass is 407 g/mol. The summed E-state index contributed by atoms with van der Waals surface area (Å²) in [6.07, 6.45) is 1.72. The molecule has 28 heavy (non-hydrogen) atoms. The summed E-state index contributed by atoms with van der Waals surface area (Å²) in [4.78, 5) is 9.12. The summed E-state index contributed by atoms with van der Waals surface area (Å²) < 4.78 is 26.2. The third kappa shape index (κ3) is 2.26. The summed E-state index contributed by atoms with van der Waals surface area (Å²) in [5, 5.41) is 4.14. The van der Waals surface area contributed by atoms with Gasteiger partial charge in [-0.15, -0.1) is 11.3 Å². The molecule has 0 saturated carbocycles. The minimum absolute atomic E-state index is 0.320. The van der Waals surface area contributed by atoms with Gasteiger partial charge in [0, 0.05) is 23.0 Å². The quantitative estimate of drug-likeness (QED) is 0.496. The molecule has 1 aliphatic rings. The van der Waals surface area contributed by atoms with Gasteiger partial charge in [0.1, 0.15) is 0 Å². The molecule has 7 heteroatoms. The number of hydrogen-bond acceptors (Lipinski definition) is 6. The van der Waals surface area contributed by atoms with Crippen LogP contribution in [0.15, 0.2) is 59.6 Å². The molecule has 0 radical (unpaired) electrons. The number of aromatic nitrogens is 2. The van der Waals surface area contributed by atoms with Gasteiger partial charge in [0.2, 0.25) is 0 Å². The molecule has 2 aromatic carbocycles. The molecular formula is C21H17N3O2S2. The van der Waals surface area contributed by atoms with E-state index in [9.17, 15) is 8.42 Å². The SMILES string of the molecule is C=C1c2cc3nccc(Nc4ccc5scnc5c4)c3cc2S(=O)(=O)C1(C)C. The molecular weight excluding hydrogens is 390 g/mol. The number of sulfone groups is 1. The van der Waals surface area contributed by atoms with Crippen molar-refractivity contribution in [1.29, 1.82) is 0 Å². The average Bonchev–Trinajstić information content (AvgIpc) is 3.18. The predicted octanol–water partition coefficient (Wildman–Crippen LogP) is 5.17. The number of benzene rings is 2. The molecule has 4 aromatic rings. The molecule has 3 heterocycles. The predicted molar refractivity (Wildman–Crippen MR) is 115 cm³/mol. The Kier molecular flexibility index (Phi) is 3.48. The van der Waals surface area contributed by atoms with Crippen LogP contribution in [0, 0.1) is 0 Å². The Labute approximate surface area is 166 Å². The van der Waals surface area contributed by atoms with Crippen LogP contribution in [0.2, 0.25) is 0 Å². The van der Waals surface area contributed by atoms with Crippen molar-refractivity contribution in [3.63, 3.8) is 0 Å². The van der Waals surface area contributed by atoms with Gasteiger partial charge >= 0.3 is 0 Å². The Bertz CT molecular complexity index is 1400. The van der Waals surface area contributed by atoms with Crippen molar-refractivity contribution in [2.45, 2.75) is 23.5 Å². The van der Waals surface area contributed by atoms with Crippen LogP contribution < -0.4 is 5.32 Å². The molecule has 0 spiro atoms. The Morgan fingerprint density at radius 1 is 1.07 bits per heavy atom. The van der Waals surface area contributed by atoms with E-state index in [1.165, 1.54) is 0 Å². The lowest BCUT2D eigenvalue weighted by Gasteiger charge is -2.17. The number of anilines is 2. The number of hydrogen-bond donors (Lipinski definition) is 1. The maximum absolute atomic E-state index is 13.0. The van der Waals surface area contributed by atoms with E-state index in [1.54, 1.807) is 37.4 Å². The molecule has 5 nitrogen and oxygen atoms in total. The van der Waals surface area contributed by atoms with Crippen LogP contribution in [0.4, 0.5) is 11.4 Å². The van der Waals surface area contributed by atoms with E-state index in [1.807, 2.05) is 35.8 Å². The first-order valence-corrected chi connectivity index (χ1v) is 11.1. The Morgan fingerprint density at radius 3 is 2.71 bits per heavy atom. The summed E-state index contributed by atoms with van der Waals surface area (Å²) in [5.74, 6) is 0. The van der Waals surface area contributed by atoms with Crippen molar-refractivity contribution < 1.29 is 8.42 Å². The molecule has 0 unspecified atom stereocenters. The van der Waals surface area contributed by atoms with E-state index in [4.69, 9.17) is 0 Å². The molecule has 1 aliphatic heterocycles. The lowest BCUT2D eigenvalue weighted by Crippen LogP contribution is -2.26. The third-order valence-electron chi connectivity index (χ3n) is 5.47. The Balaban J connectivity index is 1.68. The second kappa shape index (κ2) is 5.62. The van der Waals surface area contributed by atoms with Gasteiger partial charge < -0.3 is 5.32 Å². The summed E-state index contributed by atoms with van der Waals surface area (Å²) in [6, 6.07) is 11.4. The van der Waals surface area contributed by atoms with E-state index < -0.39 is 14.6 Å². The fraction of sp³-hybridized carbons (Fsp3) is 0.143. The van der Waals surface area contributed by atoms with Crippen LogP contribution in [0.3, 0.4) is 0 Å². The van der Waals surface area contributed by atoms with Gasteiger partial charge in [0.15, 0.2) is 9.84 Å². The normalized spacial score (nSPS) is 17.1. The molecule has 0 amide bonds. The lowest BCUT2D eigenvalue weighted by atomic mass is 9.96. The molecule has 0 saturated heterocycles.